The van der Waals surface area contributed by atoms with Crippen molar-refractivity contribution in [3.05, 3.63) is 41.1 Å². The maximum atomic E-state index is 11.6. The van der Waals surface area contributed by atoms with Crippen molar-refractivity contribution in [2.45, 2.75) is 6.10 Å². The third kappa shape index (κ3) is 2.97. The van der Waals surface area contributed by atoms with Crippen LogP contribution in [0.15, 0.2) is 41.1 Å². The predicted molar refractivity (Wildman–Crippen MR) is 74.7 cm³/mol. The zero-order chi connectivity index (χ0) is 15.6. The molecule has 1 atom stereocenters. The van der Waals surface area contributed by atoms with Crippen molar-refractivity contribution < 1.29 is 19.1 Å². The lowest BCUT2D eigenvalue weighted by atomic mass is 9.98. The molecule has 0 unspecified atom stereocenters. The second-order valence-corrected chi connectivity index (χ2v) is 4.70. The first kappa shape index (κ1) is 14.9. The Balaban J connectivity index is 2.36. The molecule has 2 amide bonds. The van der Waals surface area contributed by atoms with Crippen LogP contribution in [-0.4, -0.2) is 23.9 Å². The van der Waals surface area contributed by atoms with Crippen molar-refractivity contribution in [2.75, 3.05) is 5.32 Å². The van der Waals surface area contributed by atoms with Gasteiger partial charge in [-0.1, -0.05) is 29.8 Å². The minimum Gasteiger partial charge on any atom is -0.450 e. The van der Waals surface area contributed by atoms with Gasteiger partial charge in [-0.3, -0.25) is 9.59 Å². The number of ether oxygens (including phenoxy) is 1. The normalized spacial score (nSPS) is 17.8. The van der Waals surface area contributed by atoms with Crippen LogP contribution in [0.1, 0.15) is 0 Å². The second-order valence-electron chi connectivity index (χ2n) is 4.33. The molecule has 0 fully saturated rings. The molecule has 1 aromatic carbocycles. The zero-order valence-corrected chi connectivity index (χ0v) is 11.5. The first-order valence-electron chi connectivity index (χ1n) is 5.93. The summed E-state index contributed by atoms with van der Waals surface area (Å²) in [4.78, 5) is 34.3. The molecule has 0 radical (unpaired) electrons. The number of para-hydroxylation sites is 1. The van der Waals surface area contributed by atoms with Crippen molar-refractivity contribution in [3.8, 4) is 0 Å². The van der Waals surface area contributed by atoms with E-state index in [2.05, 4.69) is 5.32 Å². The Morgan fingerprint density at radius 2 is 1.76 bits per heavy atom. The molecular weight excluding hydrogens is 298 g/mol. The molecular formula is C13H12ClN3O4. The molecule has 0 aliphatic carbocycles. The number of halogens is 1. The topological polar surface area (TPSA) is 125 Å². The quantitative estimate of drug-likeness (QED) is 0.524. The van der Waals surface area contributed by atoms with Crippen molar-refractivity contribution in [1.29, 1.82) is 0 Å². The van der Waals surface area contributed by atoms with E-state index in [1.165, 1.54) is 0 Å². The highest BCUT2D eigenvalue weighted by atomic mass is 35.5. The summed E-state index contributed by atoms with van der Waals surface area (Å²) in [5.41, 5.74) is 11.0. The van der Waals surface area contributed by atoms with Gasteiger partial charge in [0.1, 0.15) is 5.03 Å². The Bertz CT molecular complexity index is 616. The number of cyclic esters (lactones) is 1. The minimum absolute atomic E-state index is 0.0791. The van der Waals surface area contributed by atoms with Crippen LogP contribution >= 0.6 is 11.6 Å². The maximum absolute atomic E-state index is 11.6. The molecule has 0 spiro atoms. The van der Waals surface area contributed by atoms with Gasteiger partial charge in [0, 0.05) is 5.69 Å². The van der Waals surface area contributed by atoms with Crippen molar-refractivity contribution >= 4 is 35.1 Å². The first-order valence-corrected chi connectivity index (χ1v) is 6.31. The lowest BCUT2D eigenvalue weighted by Crippen LogP contribution is -2.45. The van der Waals surface area contributed by atoms with Gasteiger partial charge in [-0.05, 0) is 12.1 Å². The maximum Gasteiger partial charge on any atom is 0.352 e. The molecule has 0 saturated heterocycles. The van der Waals surface area contributed by atoms with Gasteiger partial charge in [-0.15, -0.1) is 0 Å². The number of esters is 1. The molecule has 0 aromatic heterocycles. The highest BCUT2D eigenvalue weighted by Gasteiger charge is 2.44. The molecule has 1 aliphatic rings. The Kier molecular flexibility index (Phi) is 4.13. The number of carbonyl (C=O) groups excluding carboxylic acids is 3. The van der Waals surface area contributed by atoms with Crippen molar-refractivity contribution in [3.63, 3.8) is 0 Å². The molecule has 0 saturated carbocycles. The number of nitrogens with two attached hydrogens (primary N) is 2. The molecule has 21 heavy (non-hydrogen) atoms. The number of primary amides is 2. The summed E-state index contributed by atoms with van der Waals surface area (Å²) >= 11 is 5.87. The highest BCUT2D eigenvalue weighted by molar-refractivity contribution is 6.42. The fourth-order valence-corrected chi connectivity index (χ4v) is 2.14. The number of rotatable bonds is 5. The Hall–Kier alpha value is -2.54. The summed E-state index contributed by atoms with van der Waals surface area (Å²) in [5.74, 6) is -4.36. The highest BCUT2D eigenvalue weighted by Crippen LogP contribution is 2.31. The fraction of sp³-hybridized carbons (Fsp3) is 0.154. The van der Waals surface area contributed by atoms with E-state index in [0.29, 0.717) is 5.69 Å². The van der Waals surface area contributed by atoms with Crippen LogP contribution in [0.25, 0.3) is 0 Å². The summed E-state index contributed by atoms with van der Waals surface area (Å²) in [7, 11) is 0. The molecule has 1 aromatic rings. The summed E-state index contributed by atoms with van der Waals surface area (Å²) in [6.45, 7) is 0. The Morgan fingerprint density at radius 3 is 2.29 bits per heavy atom. The predicted octanol–water partition coefficient (Wildman–Crippen LogP) is 0.0611. The van der Waals surface area contributed by atoms with E-state index in [1.54, 1.807) is 30.3 Å². The van der Waals surface area contributed by atoms with Gasteiger partial charge in [0.2, 0.25) is 11.8 Å². The van der Waals surface area contributed by atoms with Crippen LogP contribution in [-0.2, 0) is 19.1 Å². The van der Waals surface area contributed by atoms with Crippen molar-refractivity contribution in [1.82, 2.24) is 0 Å². The standard InChI is InChI=1S/C13H12ClN3O4/c14-8-9(17-6-4-2-1-3-5-6)10(21-13(8)20)7(11(15)18)12(16)19/h1-5,7,10,17H,(H2,15,18)(H2,16,19)/t10-/m1/s1. The number of hydrogen-bond acceptors (Lipinski definition) is 5. The van der Waals surface area contributed by atoms with E-state index < -0.39 is 29.8 Å². The average Bonchev–Trinajstić information content (AvgIpc) is 2.67. The van der Waals surface area contributed by atoms with Gasteiger partial charge in [-0.25, -0.2) is 4.79 Å². The second kappa shape index (κ2) is 5.84. The third-order valence-electron chi connectivity index (χ3n) is 2.90. The molecule has 8 heteroatoms. The fourth-order valence-electron chi connectivity index (χ4n) is 1.94. The van der Waals surface area contributed by atoms with Gasteiger partial charge in [-0.2, -0.15) is 0 Å². The van der Waals surface area contributed by atoms with Crippen LogP contribution in [0.5, 0.6) is 0 Å². The third-order valence-corrected chi connectivity index (χ3v) is 3.26. The van der Waals surface area contributed by atoms with E-state index in [9.17, 15) is 14.4 Å². The van der Waals surface area contributed by atoms with Gasteiger partial charge in [0.25, 0.3) is 0 Å². The smallest absolute Gasteiger partial charge is 0.352 e. The molecule has 7 nitrogen and oxygen atoms in total. The number of nitrogens with one attached hydrogen (secondary N) is 1. The van der Waals surface area contributed by atoms with Gasteiger partial charge in [0.15, 0.2) is 12.0 Å². The SMILES string of the molecule is NC(=O)C(C(N)=O)[C@H]1OC(=O)C(Cl)=C1Nc1ccccc1. The Morgan fingerprint density at radius 1 is 1.19 bits per heavy atom. The summed E-state index contributed by atoms with van der Waals surface area (Å²) in [5, 5.41) is 2.59. The molecule has 1 aliphatic heterocycles. The Labute approximate surface area is 124 Å². The molecule has 1 heterocycles. The average molecular weight is 310 g/mol. The van der Waals surface area contributed by atoms with Crippen LogP contribution < -0.4 is 16.8 Å². The van der Waals surface area contributed by atoms with Crippen LogP contribution in [0.3, 0.4) is 0 Å². The van der Waals surface area contributed by atoms with Gasteiger partial charge < -0.3 is 21.5 Å². The number of benzene rings is 1. The molecule has 110 valence electrons. The largest absolute Gasteiger partial charge is 0.450 e. The molecule has 0 bridgehead atoms. The van der Waals surface area contributed by atoms with Crippen LogP contribution in [0, 0.1) is 5.92 Å². The zero-order valence-electron chi connectivity index (χ0n) is 10.7. The number of anilines is 1. The monoisotopic (exact) mass is 309 g/mol. The van der Waals surface area contributed by atoms with Gasteiger partial charge >= 0.3 is 5.97 Å². The minimum atomic E-state index is -1.50. The van der Waals surface area contributed by atoms with Crippen LogP contribution in [0.4, 0.5) is 5.69 Å². The van der Waals surface area contributed by atoms with Crippen LogP contribution in [0.2, 0.25) is 0 Å². The summed E-state index contributed by atoms with van der Waals surface area (Å²) in [6, 6.07) is 8.72. The number of amides is 2. The number of carbonyl (C=O) groups is 3. The van der Waals surface area contributed by atoms with Gasteiger partial charge in [0.05, 0.1) is 5.70 Å². The van der Waals surface area contributed by atoms with E-state index in [0.717, 1.165) is 0 Å². The van der Waals surface area contributed by atoms with E-state index >= 15 is 0 Å². The van der Waals surface area contributed by atoms with E-state index in [-0.39, 0.29) is 10.7 Å². The van der Waals surface area contributed by atoms with Crippen molar-refractivity contribution in [2.24, 2.45) is 17.4 Å². The molecule has 2 rings (SSSR count). The van der Waals surface area contributed by atoms with E-state index in [4.69, 9.17) is 27.8 Å². The lowest BCUT2D eigenvalue weighted by molar-refractivity contribution is -0.146. The summed E-state index contributed by atoms with van der Waals surface area (Å²) < 4.78 is 4.93. The lowest BCUT2D eigenvalue weighted by Gasteiger charge is -2.20. The number of hydrogen-bond donors (Lipinski definition) is 3. The first-order chi connectivity index (χ1) is 9.91. The molecule has 5 N–H and O–H groups in total. The van der Waals surface area contributed by atoms with E-state index in [1.807, 2.05) is 0 Å². The summed E-state index contributed by atoms with van der Waals surface area (Å²) in [6.07, 6.45) is -1.26.